The van der Waals surface area contributed by atoms with E-state index in [0.29, 0.717) is 6.07 Å². The summed E-state index contributed by atoms with van der Waals surface area (Å²) in [5.74, 6) is -1.38. The predicted molar refractivity (Wildman–Crippen MR) is 76.1 cm³/mol. The highest BCUT2D eigenvalue weighted by Gasteiger charge is 2.48. The van der Waals surface area contributed by atoms with E-state index in [1.165, 1.54) is 0 Å². The molecule has 0 aromatic heterocycles. The number of alkyl halides is 4. The van der Waals surface area contributed by atoms with Gasteiger partial charge in [-0.05, 0) is 43.9 Å². The second-order valence-electron chi connectivity index (χ2n) is 5.40. The molecular weight excluding hydrogens is 365 g/mol. The maximum atomic E-state index is 14.7. The Morgan fingerprint density at radius 3 is 2.13 bits per heavy atom. The van der Waals surface area contributed by atoms with Gasteiger partial charge in [-0.25, -0.2) is 17.2 Å². The fourth-order valence-electron chi connectivity index (χ4n) is 2.43. The van der Waals surface area contributed by atoms with Crippen LogP contribution in [0, 0.1) is 5.82 Å². The van der Waals surface area contributed by atoms with E-state index in [4.69, 9.17) is 5.73 Å². The molecule has 23 heavy (non-hydrogen) atoms. The SMILES string of the molecule is Cl.NC1CCC(F)(S(=O)(=O)c2cc(F)cc(C(F)(F)F)c2)CC1. The Morgan fingerprint density at radius 1 is 1.13 bits per heavy atom. The zero-order valence-corrected chi connectivity index (χ0v) is 13.4. The molecule has 0 radical (unpaired) electrons. The smallest absolute Gasteiger partial charge is 0.328 e. The third-order valence-electron chi connectivity index (χ3n) is 3.77. The average Bonchev–Trinajstić information content (AvgIpc) is 2.40. The molecule has 0 amide bonds. The lowest BCUT2D eigenvalue weighted by Crippen LogP contribution is -2.41. The lowest BCUT2D eigenvalue weighted by molar-refractivity contribution is -0.137. The van der Waals surface area contributed by atoms with Crippen LogP contribution < -0.4 is 5.73 Å². The lowest BCUT2D eigenvalue weighted by Gasteiger charge is -2.32. The molecule has 1 saturated carbocycles. The van der Waals surface area contributed by atoms with E-state index in [9.17, 15) is 30.4 Å². The van der Waals surface area contributed by atoms with Gasteiger partial charge < -0.3 is 5.73 Å². The summed E-state index contributed by atoms with van der Waals surface area (Å²) in [6.07, 6.45) is -5.58. The number of rotatable bonds is 2. The molecule has 1 fully saturated rings. The van der Waals surface area contributed by atoms with Gasteiger partial charge in [-0.15, -0.1) is 12.4 Å². The quantitative estimate of drug-likeness (QED) is 0.798. The van der Waals surface area contributed by atoms with Gasteiger partial charge in [-0.2, -0.15) is 13.2 Å². The summed E-state index contributed by atoms with van der Waals surface area (Å²) < 4.78 is 90.6. The Kier molecular flexibility index (Phi) is 5.71. The molecule has 0 aliphatic heterocycles. The largest absolute Gasteiger partial charge is 0.416 e. The van der Waals surface area contributed by atoms with Crippen LogP contribution in [-0.4, -0.2) is 19.5 Å². The van der Waals surface area contributed by atoms with E-state index < -0.39 is 50.1 Å². The third kappa shape index (κ3) is 3.95. The van der Waals surface area contributed by atoms with Gasteiger partial charge in [-0.3, -0.25) is 0 Å². The van der Waals surface area contributed by atoms with Crippen molar-refractivity contribution in [1.82, 2.24) is 0 Å². The molecule has 2 N–H and O–H groups in total. The highest BCUT2D eigenvalue weighted by molar-refractivity contribution is 7.92. The van der Waals surface area contributed by atoms with Crippen molar-refractivity contribution in [2.24, 2.45) is 5.73 Å². The molecular formula is C13H15ClF5NO2S. The molecule has 0 bridgehead atoms. The first-order valence-electron chi connectivity index (χ1n) is 6.53. The Morgan fingerprint density at radius 2 is 1.65 bits per heavy atom. The summed E-state index contributed by atoms with van der Waals surface area (Å²) >= 11 is 0. The van der Waals surface area contributed by atoms with Gasteiger partial charge in [0.05, 0.1) is 10.5 Å². The minimum absolute atomic E-state index is 0. The highest BCUT2D eigenvalue weighted by Crippen LogP contribution is 2.41. The monoisotopic (exact) mass is 379 g/mol. The standard InChI is InChI=1S/C13H14F5NO2S.ClH/c14-9-5-8(13(16,17)18)6-11(7-9)22(20,21)12(15)3-1-10(19)2-4-12;/h5-7,10H,1-4,19H2;1H. The number of hydrogen-bond donors (Lipinski definition) is 1. The molecule has 2 rings (SSSR count). The number of sulfone groups is 1. The second kappa shape index (κ2) is 6.52. The van der Waals surface area contributed by atoms with Gasteiger partial charge in [0.1, 0.15) is 5.82 Å². The summed E-state index contributed by atoms with van der Waals surface area (Å²) in [5, 5.41) is -2.72. The molecule has 0 saturated heterocycles. The van der Waals surface area contributed by atoms with Crippen LogP contribution in [0.3, 0.4) is 0 Å². The van der Waals surface area contributed by atoms with E-state index in [1.807, 2.05) is 0 Å². The van der Waals surface area contributed by atoms with Crippen LogP contribution >= 0.6 is 12.4 Å². The van der Waals surface area contributed by atoms with Crippen LogP contribution in [0.1, 0.15) is 31.2 Å². The van der Waals surface area contributed by atoms with E-state index in [1.54, 1.807) is 0 Å². The Bertz CT molecular complexity index is 669. The van der Waals surface area contributed by atoms with Gasteiger partial charge in [0, 0.05) is 6.04 Å². The predicted octanol–water partition coefficient (Wildman–Crippen LogP) is 3.61. The van der Waals surface area contributed by atoms with Crippen molar-refractivity contribution in [3.05, 3.63) is 29.6 Å². The first-order valence-corrected chi connectivity index (χ1v) is 8.01. The number of benzene rings is 1. The van der Waals surface area contributed by atoms with E-state index in [-0.39, 0.29) is 43.4 Å². The minimum Gasteiger partial charge on any atom is -0.328 e. The lowest BCUT2D eigenvalue weighted by atomic mass is 9.94. The zero-order valence-electron chi connectivity index (χ0n) is 11.7. The zero-order chi connectivity index (χ0) is 16.8. The number of hydrogen-bond acceptors (Lipinski definition) is 3. The molecule has 0 heterocycles. The summed E-state index contributed by atoms with van der Waals surface area (Å²) in [6.45, 7) is 0. The van der Waals surface area contributed by atoms with Gasteiger partial charge in [0.2, 0.25) is 14.8 Å². The van der Waals surface area contributed by atoms with Crippen LogP contribution in [0.2, 0.25) is 0 Å². The second-order valence-corrected chi connectivity index (χ2v) is 7.61. The molecule has 1 aromatic carbocycles. The molecule has 0 unspecified atom stereocenters. The van der Waals surface area contributed by atoms with Gasteiger partial charge in [-0.1, -0.05) is 0 Å². The average molecular weight is 380 g/mol. The topological polar surface area (TPSA) is 60.2 Å². The molecule has 3 nitrogen and oxygen atoms in total. The summed E-state index contributed by atoms with van der Waals surface area (Å²) in [4.78, 5) is -1.00. The van der Waals surface area contributed by atoms with Crippen LogP contribution in [0.15, 0.2) is 23.1 Å². The summed E-state index contributed by atoms with van der Waals surface area (Å²) in [5.41, 5.74) is 4.10. The Labute approximate surface area is 136 Å². The fraction of sp³-hybridized carbons (Fsp3) is 0.538. The van der Waals surface area contributed by atoms with Crippen LogP contribution in [0.5, 0.6) is 0 Å². The van der Waals surface area contributed by atoms with Crippen molar-refractivity contribution >= 4 is 22.2 Å². The Hall–Kier alpha value is -0.930. The van der Waals surface area contributed by atoms with E-state index in [0.717, 1.165) is 0 Å². The molecule has 1 aliphatic rings. The maximum absolute atomic E-state index is 14.7. The van der Waals surface area contributed by atoms with E-state index in [2.05, 4.69) is 0 Å². The van der Waals surface area contributed by atoms with Crippen molar-refractivity contribution < 1.29 is 30.4 Å². The normalized spacial score (nSPS) is 25.7. The van der Waals surface area contributed by atoms with E-state index >= 15 is 0 Å². The Balaban J connectivity index is 0.00000264. The minimum atomic E-state index is -4.93. The maximum Gasteiger partial charge on any atom is 0.416 e. The summed E-state index contributed by atoms with van der Waals surface area (Å²) in [6, 6.07) is 0.479. The van der Waals surface area contributed by atoms with Gasteiger partial charge in [0.25, 0.3) is 0 Å². The number of nitrogens with two attached hydrogens (primary N) is 1. The van der Waals surface area contributed by atoms with Crippen molar-refractivity contribution in [1.29, 1.82) is 0 Å². The molecule has 0 spiro atoms. The molecule has 1 aliphatic carbocycles. The van der Waals surface area contributed by atoms with Crippen LogP contribution in [-0.2, 0) is 16.0 Å². The van der Waals surface area contributed by atoms with Crippen LogP contribution in [0.4, 0.5) is 22.0 Å². The third-order valence-corrected chi connectivity index (χ3v) is 6.00. The number of halogens is 6. The van der Waals surface area contributed by atoms with Crippen molar-refractivity contribution in [2.45, 2.75) is 47.8 Å². The fourth-order valence-corrected chi connectivity index (χ4v) is 4.18. The first-order chi connectivity index (χ1) is 9.96. The van der Waals surface area contributed by atoms with Crippen molar-refractivity contribution in [2.75, 3.05) is 0 Å². The molecule has 1 aromatic rings. The molecule has 0 atom stereocenters. The van der Waals surface area contributed by atoms with Crippen LogP contribution in [0.25, 0.3) is 0 Å². The van der Waals surface area contributed by atoms with Crippen molar-refractivity contribution in [3.63, 3.8) is 0 Å². The first kappa shape index (κ1) is 20.1. The highest BCUT2D eigenvalue weighted by atomic mass is 35.5. The molecule has 10 heteroatoms. The van der Waals surface area contributed by atoms with Gasteiger partial charge in [0.15, 0.2) is 0 Å². The van der Waals surface area contributed by atoms with Gasteiger partial charge >= 0.3 is 6.18 Å². The molecule has 132 valence electrons. The van der Waals surface area contributed by atoms with Crippen molar-refractivity contribution in [3.8, 4) is 0 Å². The summed E-state index contributed by atoms with van der Waals surface area (Å²) in [7, 11) is -4.75.